The van der Waals surface area contributed by atoms with Crippen molar-refractivity contribution in [3.63, 3.8) is 0 Å². The molecule has 20 heavy (non-hydrogen) atoms. The second-order valence-corrected chi connectivity index (χ2v) is 5.19. The molecule has 4 heteroatoms. The molecule has 0 aromatic heterocycles. The van der Waals surface area contributed by atoms with Gasteiger partial charge in [0, 0.05) is 38.2 Å². The van der Waals surface area contributed by atoms with E-state index >= 15 is 0 Å². The molecule has 1 fully saturated rings. The van der Waals surface area contributed by atoms with Gasteiger partial charge < -0.3 is 10.1 Å². The zero-order valence-corrected chi connectivity index (χ0v) is 12.2. The fraction of sp³-hybridized carbons (Fsp3) is 0.562. The average Bonchev–Trinajstić information content (AvgIpc) is 2.66. The zero-order chi connectivity index (χ0) is 14.2. The van der Waals surface area contributed by atoms with Crippen LogP contribution in [0, 0.1) is 0 Å². The SMILES string of the molecule is CCCCOc1ccccc1CN1CCNC(=O)CC1. The third-order valence-electron chi connectivity index (χ3n) is 3.53. The summed E-state index contributed by atoms with van der Waals surface area (Å²) in [4.78, 5) is 13.7. The number of para-hydroxylation sites is 1. The fourth-order valence-electron chi connectivity index (χ4n) is 2.31. The molecule has 0 unspecified atom stereocenters. The molecule has 0 bridgehead atoms. The van der Waals surface area contributed by atoms with Gasteiger partial charge in [-0.15, -0.1) is 0 Å². The van der Waals surface area contributed by atoms with Crippen LogP contribution in [-0.4, -0.2) is 37.0 Å². The van der Waals surface area contributed by atoms with E-state index in [1.807, 2.05) is 18.2 Å². The summed E-state index contributed by atoms with van der Waals surface area (Å²) in [7, 11) is 0. The van der Waals surface area contributed by atoms with Crippen LogP contribution in [0.1, 0.15) is 31.7 Å². The lowest BCUT2D eigenvalue weighted by molar-refractivity contribution is -0.120. The van der Waals surface area contributed by atoms with Crippen molar-refractivity contribution in [2.24, 2.45) is 0 Å². The highest BCUT2D eigenvalue weighted by atomic mass is 16.5. The number of rotatable bonds is 6. The van der Waals surface area contributed by atoms with Crippen molar-refractivity contribution >= 4 is 5.91 Å². The highest BCUT2D eigenvalue weighted by Crippen LogP contribution is 2.20. The number of unbranched alkanes of at least 4 members (excludes halogenated alkanes) is 1. The van der Waals surface area contributed by atoms with Crippen LogP contribution in [0.2, 0.25) is 0 Å². The molecule has 1 aromatic carbocycles. The molecule has 2 rings (SSSR count). The second-order valence-electron chi connectivity index (χ2n) is 5.19. The van der Waals surface area contributed by atoms with Crippen molar-refractivity contribution in [1.29, 1.82) is 0 Å². The molecular weight excluding hydrogens is 252 g/mol. The Bertz CT molecular complexity index is 434. The third kappa shape index (κ3) is 4.53. The largest absolute Gasteiger partial charge is 0.493 e. The van der Waals surface area contributed by atoms with Gasteiger partial charge >= 0.3 is 0 Å². The molecule has 0 atom stereocenters. The smallest absolute Gasteiger partial charge is 0.221 e. The number of hydrogen-bond donors (Lipinski definition) is 1. The number of carbonyl (C=O) groups is 1. The van der Waals surface area contributed by atoms with E-state index in [1.165, 1.54) is 5.56 Å². The van der Waals surface area contributed by atoms with E-state index in [-0.39, 0.29) is 5.91 Å². The normalized spacial score (nSPS) is 16.6. The average molecular weight is 276 g/mol. The quantitative estimate of drug-likeness (QED) is 0.810. The standard InChI is InChI=1S/C16H24N2O2/c1-2-3-12-20-15-7-5-4-6-14(15)13-18-10-8-16(19)17-9-11-18/h4-7H,2-3,8-13H2,1H3,(H,17,19). The Hall–Kier alpha value is -1.55. The summed E-state index contributed by atoms with van der Waals surface area (Å²) in [5.74, 6) is 1.13. The summed E-state index contributed by atoms with van der Waals surface area (Å²) in [6, 6.07) is 8.20. The first-order valence-electron chi connectivity index (χ1n) is 7.49. The molecule has 1 saturated heterocycles. The molecule has 4 nitrogen and oxygen atoms in total. The molecule has 0 saturated carbocycles. The van der Waals surface area contributed by atoms with Crippen molar-refractivity contribution in [2.75, 3.05) is 26.2 Å². The van der Waals surface area contributed by atoms with Crippen molar-refractivity contribution in [2.45, 2.75) is 32.7 Å². The van der Waals surface area contributed by atoms with Crippen LogP contribution in [0.4, 0.5) is 0 Å². The van der Waals surface area contributed by atoms with Gasteiger partial charge in [-0.3, -0.25) is 9.69 Å². The van der Waals surface area contributed by atoms with Gasteiger partial charge in [-0.05, 0) is 12.5 Å². The molecule has 1 amide bonds. The van der Waals surface area contributed by atoms with Crippen LogP contribution in [0.15, 0.2) is 24.3 Å². The first kappa shape index (κ1) is 14.9. The molecule has 0 spiro atoms. The van der Waals surface area contributed by atoms with E-state index in [2.05, 4.69) is 23.2 Å². The maximum Gasteiger partial charge on any atom is 0.221 e. The van der Waals surface area contributed by atoms with Gasteiger partial charge in [-0.25, -0.2) is 0 Å². The van der Waals surface area contributed by atoms with Gasteiger partial charge in [0.15, 0.2) is 0 Å². The second kappa shape index (κ2) is 7.90. The minimum Gasteiger partial charge on any atom is -0.493 e. The Morgan fingerprint density at radius 3 is 3.00 bits per heavy atom. The maximum atomic E-state index is 11.4. The van der Waals surface area contributed by atoms with Crippen molar-refractivity contribution in [3.8, 4) is 5.75 Å². The van der Waals surface area contributed by atoms with Crippen LogP contribution in [0.25, 0.3) is 0 Å². The van der Waals surface area contributed by atoms with Gasteiger partial charge in [0.25, 0.3) is 0 Å². The summed E-state index contributed by atoms with van der Waals surface area (Å²) in [5, 5.41) is 2.90. The molecule has 110 valence electrons. The highest BCUT2D eigenvalue weighted by Gasteiger charge is 2.15. The molecule has 1 aromatic rings. The first-order valence-corrected chi connectivity index (χ1v) is 7.49. The highest BCUT2D eigenvalue weighted by molar-refractivity contribution is 5.76. The van der Waals surface area contributed by atoms with Crippen LogP contribution >= 0.6 is 0 Å². The third-order valence-corrected chi connectivity index (χ3v) is 3.53. The molecular formula is C16H24N2O2. The van der Waals surface area contributed by atoms with Crippen LogP contribution in [0.5, 0.6) is 5.75 Å². The molecule has 1 aliphatic rings. The predicted molar refractivity (Wildman–Crippen MR) is 79.7 cm³/mol. The molecule has 1 aliphatic heterocycles. The Kier molecular flexibility index (Phi) is 5.87. The van der Waals surface area contributed by atoms with E-state index in [9.17, 15) is 4.79 Å². The summed E-state index contributed by atoms with van der Waals surface area (Å²) < 4.78 is 5.86. The van der Waals surface area contributed by atoms with E-state index in [1.54, 1.807) is 0 Å². The Labute approximate surface area is 121 Å². The summed E-state index contributed by atoms with van der Waals surface area (Å²) in [6.07, 6.45) is 2.80. The van der Waals surface area contributed by atoms with Crippen molar-refractivity contribution in [1.82, 2.24) is 10.2 Å². The van der Waals surface area contributed by atoms with Crippen molar-refractivity contribution in [3.05, 3.63) is 29.8 Å². The Balaban J connectivity index is 1.95. The van der Waals surface area contributed by atoms with E-state index in [0.29, 0.717) is 6.42 Å². The number of nitrogens with one attached hydrogen (secondary N) is 1. The van der Waals surface area contributed by atoms with Gasteiger partial charge in [-0.2, -0.15) is 0 Å². The molecule has 1 N–H and O–H groups in total. The van der Waals surface area contributed by atoms with Gasteiger partial charge in [0.05, 0.1) is 6.61 Å². The Morgan fingerprint density at radius 2 is 2.15 bits per heavy atom. The number of ether oxygens (including phenoxy) is 1. The maximum absolute atomic E-state index is 11.4. The van der Waals surface area contributed by atoms with E-state index < -0.39 is 0 Å². The predicted octanol–water partition coefficient (Wildman–Crippen LogP) is 2.19. The van der Waals surface area contributed by atoms with E-state index in [0.717, 1.165) is 51.4 Å². The molecule has 0 aliphatic carbocycles. The lowest BCUT2D eigenvalue weighted by Gasteiger charge is -2.20. The van der Waals surface area contributed by atoms with Crippen LogP contribution in [0.3, 0.4) is 0 Å². The van der Waals surface area contributed by atoms with Gasteiger partial charge in [0.1, 0.15) is 5.75 Å². The lowest BCUT2D eigenvalue weighted by atomic mass is 10.2. The summed E-state index contributed by atoms with van der Waals surface area (Å²) >= 11 is 0. The zero-order valence-electron chi connectivity index (χ0n) is 12.2. The van der Waals surface area contributed by atoms with Gasteiger partial charge in [0.2, 0.25) is 5.91 Å². The number of hydrogen-bond acceptors (Lipinski definition) is 3. The minimum absolute atomic E-state index is 0.153. The minimum atomic E-state index is 0.153. The number of benzene rings is 1. The van der Waals surface area contributed by atoms with E-state index in [4.69, 9.17) is 4.74 Å². The van der Waals surface area contributed by atoms with Gasteiger partial charge in [-0.1, -0.05) is 31.5 Å². The monoisotopic (exact) mass is 276 g/mol. The Morgan fingerprint density at radius 1 is 1.30 bits per heavy atom. The first-order chi connectivity index (χ1) is 9.79. The summed E-state index contributed by atoms with van der Waals surface area (Å²) in [6.45, 7) is 6.23. The summed E-state index contributed by atoms with van der Waals surface area (Å²) in [5.41, 5.74) is 1.21. The fourth-order valence-corrected chi connectivity index (χ4v) is 2.31. The topological polar surface area (TPSA) is 41.6 Å². The number of nitrogens with zero attached hydrogens (tertiary/aromatic N) is 1. The number of amides is 1. The van der Waals surface area contributed by atoms with Crippen LogP contribution in [-0.2, 0) is 11.3 Å². The van der Waals surface area contributed by atoms with Crippen molar-refractivity contribution < 1.29 is 9.53 Å². The molecule has 1 heterocycles. The van der Waals surface area contributed by atoms with Crippen LogP contribution < -0.4 is 10.1 Å². The molecule has 0 radical (unpaired) electrons. The number of carbonyl (C=O) groups excluding carboxylic acids is 1. The lowest BCUT2D eigenvalue weighted by Crippen LogP contribution is -2.28.